The van der Waals surface area contributed by atoms with Crippen molar-refractivity contribution in [2.45, 2.75) is 40.5 Å². The van der Waals surface area contributed by atoms with E-state index >= 15 is 0 Å². The number of hydrogen-bond acceptors (Lipinski definition) is 6. The average molecular weight is 617 g/mol. The summed E-state index contributed by atoms with van der Waals surface area (Å²) in [6, 6.07) is 10.1. The topological polar surface area (TPSA) is 141 Å². The van der Waals surface area contributed by atoms with Gasteiger partial charge in [-0.25, -0.2) is 4.39 Å². The fourth-order valence-corrected chi connectivity index (χ4v) is 5.32. The third kappa shape index (κ3) is 7.84. The number of nitrogens with one attached hydrogen (secondary N) is 2. The van der Waals surface area contributed by atoms with E-state index in [1.165, 1.54) is 11.9 Å². The number of aryl methyl sites for hydroxylation is 5. The van der Waals surface area contributed by atoms with Gasteiger partial charge >= 0.3 is 0 Å². The van der Waals surface area contributed by atoms with Crippen molar-refractivity contribution in [3.8, 4) is 16.9 Å². The Morgan fingerprint density at radius 3 is 2.43 bits per heavy atom. The predicted molar refractivity (Wildman–Crippen MR) is 169 cm³/mol. The van der Waals surface area contributed by atoms with Crippen molar-refractivity contribution in [1.29, 1.82) is 0 Å². The molecule has 0 unspecified atom stereocenters. The summed E-state index contributed by atoms with van der Waals surface area (Å²) in [5.74, 6) is 0.387. The van der Waals surface area contributed by atoms with Gasteiger partial charge in [0.15, 0.2) is 6.67 Å². The van der Waals surface area contributed by atoms with Crippen LogP contribution in [0, 0.1) is 27.7 Å². The first-order chi connectivity index (χ1) is 20.0. The Bertz CT molecular complexity index is 1550. The van der Waals surface area contributed by atoms with Crippen molar-refractivity contribution in [3.05, 3.63) is 69.1 Å². The Kier molecular flexibility index (Phi) is 11.8. The summed E-state index contributed by atoms with van der Waals surface area (Å²) >= 11 is 7.61. The number of primary amides is 1. The van der Waals surface area contributed by atoms with E-state index in [4.69, 9.17) is 22.1 Å². The number of nitrogens with zero attached hydrogens (tertiary/aromatic N) is 2. The second-order valence-electron chi connectivity index (χ2n) is 9.87. The third-order valence-electron chi connectivity index (χ3n) is 6.71. The Hall–Kier alpha value is -3.54. The maximum atomic E-state index is 13.2. The van der Waals surface area contributed by atoms with Gasteiger partial charge in [0.2, 0.25) is 5.91 Å². The molecule has 12 heteroatoms. The molecular formula is C30H38ClFN6O3S. The molecule has 0 atom stereocenters. The SMILES string of the molecule is Cc1cc(OCCCc2c(C(=O)NSCCN)[nH]c3c(-c4c(C)nn(C)c4C)cccc23)cc(C)c1Cl.NC(=O)CF. The van der Waals surface area contributed by atoms with Crippen LogP contribution in [0.2, 0.25) is 5.02 Å². The molecule has 0 saturated carbocycles. The number of nitrogens with two attached hydrogens (primary N) is 2. The summed E-state index contributed by atoms with van der Waals surface area (Å²) in [5.41, 5.74) is 18.5. The van der Waals surface area contributed by atoms with Gasteiger partial charge in [-0.1, -0.05) is 29.8 Å². The van der Waals surface area contributed by atoms with Crippen LogP contribution >= 0.6 is 23.5 Å². The van der Waals surface area contributed by atoms with E-state index in [2.05, 4.69) is 39.6 Å². The number of benzene rings is 2. The Morgan fingerprint density at radius 2 is 1.86 bits per heavy atom. The van der Waals surface area contributed by atoms with Gasteiger partial charge in [0, 0.05) is 46.6 Å². The number of amides is 2. The Morgan fingerprint density at radius 1 is 1.19 bits per heavy atom. The molecule has 4 rings (SSSR count). The van der Waals surface area contributed by atoms with Gasteiger partial charge in [0.05, 0.1) is 17.8 Å². The lowest BCUT2D eigenvalue weighted by Crippen LogP contribution is -2.20. The van der Waals surface area contributed by atoms with Crippen LogP contribution in [-0.4, -0.2) is 52.2 Å². The molecule has 0 spiro atoms. The molecule has 2 aromatic carbocycles. The largest absolute Gasteiger partial charge is 0.494 e. The summed E-state index contributed by atoms with van der Waals surface area (Å²) in [5, 5.41) is 6.40. The molecule has 9 nitrogen and oxygen atoms in total. The Labute approximate surface area is 254 Å². The highest BCUT2D eigenvalue weighted by atomic mass is 35.5. The summed E-state index contributed by atoms with van der Waals surface area (Å²) < 4.78 is 21.5. The first-order valence-electron chi connectivity index (χ1n) is 13.5. The minimum Gasteiger partial charge on any atom is -0.494 e. The number of carbonyl (C=O) groups excluding carboxylic acids is 2. The van der Waals surface area contributed by atoms with Crippen molar-refractivity contribution in [2.24, 2.45) is 18.5 Å². The van der Waals surface area contributed by atoms with Crippen LogP contribution in [0.1, 0.15) is 45.0 Å². The lowest BCUT2D eigenvalue weighted by atomic mass is 9.98. The molecule has 0 bridgehead atoms. The summed E-state index contributed by atoms with van der Waals surface area (Å²) in [7, 11) is 1.95. The molecule has 226 valence electrons. The average Bonchev–Trinajstić information content (AvgIpc) is 3.45. The molecule has 4 aromatic rings. The summed E-state index contributed by atoms with van der Waals surface area (Å²) in [6.45, 7) is 7.99. The van der Waals surface area contributed by atoms with Gasteiger partial charge < -0.3 is 21.2 Å². The fourth-order valence-electron chi connectivity index (χ4n) is 4.75. The van der Waals surface area contributed by atoms with Gasteiger partial charge in [0.1, 0.15) is 11.4 Å². The number of rotatable bonds is 11. The predicted octanol–water partition coefficient (Wildman–Crippen LogP) is 5.24. The minimum absolute atomic E-state index is 0.153. The Balaban J connectivity index is 0.000000892. The molecule has 2 amide bonds. The molecule has 0 aliphatic heterocycles. The maximum absolute atomic E-state index is 13.2. The standard InChI is InChI=1S/C28H34ClN5O2S.C2H4FNO/c1-16-14-20(15-17(2)25(16)29)36-12-7-10-22-21-8-6-9-23(24-18(3)32-34(5)19(24)4)26(21)31-27(22)28(35)33-37-13-11-30;3-1-2(4)5/h6,8-9,14-15,31H,7,10-13,30H2,1-5H3,(H,33,35);1H2,(H2,4,5). The monoisotopic (exact) mass is 616 g/mol. The van der Waals surface area contributed by atoms with Crippen LogP contribution in [-0.2, 0) is 18.3 Å². The normalized spacial score (nSPS) is 10.9. The van der Waals surface area contributed by atoms with Crippen molar-refractivity contribution in [2.75, 3.05) is 25.6 Å². The third-order valence-corrected chi connectivity index (χ3v) is 8.08. The zero-order chi connectivity index (χ0) is 31.0. The smallest absolute Gasteiger partial charge is 0.277 e. The van der Waals surface area contributed by atoms with E-state index in [-0.39, 0.29) is 5.91 Å². The van der Waals surface area contributed by atoms with E-state index in [0.29, 0.717) is 31.0 Å². The highest BCUT2D eigenvalue weighted by molar-refractivity contribution is 7.97. The number of carbonyl (C=O) groups is 2. The van der Waals surface area contributed by atoms with Crippen molar-refractivity contribution >= 4 is 46.3 Å². The molecular weight excluding hydrogens is 579 g/mol. The van der Waals surface area contributed by atoms with Crippen LogP contribution < -0.4 is 20.9 Å². The zero-order valence-corrected chi connectivity index (χ0v) is 26.1. The van der Waals surface area contributed by atoms with E-state index in [1.807, 2.05) is 50.7 Å². The van der Waals surface area contributed by atoms with Crippen molar-refractivity contribution in [3.63, 3.8) is 0 Å². The van der Waals surface area contributed by atoms with Gasteiger partial charge in [0.25, 0.3) is 5.91 Å². The van der Waals surface area contributed by atoms with Gasteiger partial charge in [-0.05, 0) is 81.3 Å². The van der Waals surface area contributed by atoms with Crippen LogP contribution in [0.25, 0.3) is 22.0 Å². The highest BCUT2D eigenvalue weighted by Gasteiger charge is 2.22. The molecule has 0 saturated heterocycles. The first kappa shape index (κ1) is 33.0. The summed E-state index contributed by atoms with van der Waals surface area (Å²) in [4.78, 5) is 25.9. The number of fused-ring (bicyclic) bond motifs is 1. The van der Waals surface area contributed by atoms with Crippen LogP contribution in [0.5, 0.6) is 5.75 Å². The van der Waals surface area contributed by atoms with Gasteiger partial charge in [-0.15, -0.1) is 0 Å². The molecule has 0 aliphatic rings. The van der Waals surface area contributed by atoms with E-state index in [0.717, 1.165) is 67.3 Å². The lowest BCUT2D eigenvalue weighted by molar-refractivity contribution is -0.118. The lowest BCUT2D eigenvalue weighted by Gasteiger charge is -2.10. The number of ether oxygens (including phenoxy) is 1. The number of hydrogen-bond donors (Lipinski definition) is 4. The number of H-pyrrole nitrogens is 1. The van der Waals surface area contributed by atoms with E-state index < -0.39 is 12.6 Å². The van der Waals surface area contributed by atoms with Gasteiger partial charge in [-0.3, -0.25) is 19.0 Å². The quantitative estimate of drug-likeness (QED) is 0.134. The first-order valence-corrected chi connectivity index (χ1v) is 14.9. The second-order valence-corrected chi connectivity index (χ2v) is 11.1. The van der Waals surface area contributed by atoms with E-state index in [1.54, 1.807) is 0 Å². The molecule has 6 N–H and O–H groups in total. The number of alkyl halides is 1. The van der Waals surface area contributed by atoms with Crippen LogP contribution in [0.4, 0.5) is 4.39 Å². The summed E-state index contributed by atoms with van der Waals surface area (Å²) in [6.07, 6.45) is 1.43. The van der Waals surface area contributed by atoms with Gasteiger partial charge in [-0.2, -0.15) is 5.10 Å². The molecule has 0 aliphatic carbocycles. The number of aromatic nitrogens is 3. The molecule has 2 aromatic heterocycles. The molecule has 2 heterocycles. The molecule has 42 heavy (non-hydrogen) atoms. The van der Waals surface area contributed by atoms with Crippen molar-refractivity contribution in [1.82, 2.24) is 19.5 Å². The number of aromatic amines is 1. The van der Waals surface area contributed by atoms with Crippen LogP contribution in [0.3, 0.4) is 0 Å². The second kappa shape index (κ2) is 15.1. The fraction of sp³-hybridized carbons (Fsp3) is 0.367. The zero-order valence-electron chi connectivity index (χ0n) is 24.6. The maximum Gasteiger partial charge on any atom is 0.277 e. The van der Waals surface area contributed by atoms with Crippen molar-refractivity contribution < 1.29 is 18.7 Å². The minimum atomic E-state index is -1.06. The van der Waals surface area contributed by atoms with Crippen LogP contribution in [0.15, 0.2) is 30.3 Å². The number of halogens is 2. The number of para-hydroxylation sites is 1. The van der Waals surface area contributed by atoms with E-state index in [9.17, 15) is 14.0 Å². The molecule has 0 fully saturated rings. The highest BCUT2D eigenvalue weighted by Crippen LogP contribution is 2.35. The molecule has 0 radical (unpaired) electrons.